The molecule has 1 aliphatic heterocycles. The zero-order valence-corrected chi connectivity index (χ0v) is 30.8. The number of ether oxygens (including phenoxy) is 1. The molecule has 0 fully saturated rings. The Morgan fingerprint density at radius 3 is 1.61 bits per heavy atom. The first kappa shape index (κ1) is 35.4. The predicted molar refractivity (Wildman–Crippen MR) is 225 cm³/mol. The van der Waals surface area contributed by atoms with Crippen LogP contribution in [0.1, 0.15) is 37.4 Å². The largest absolute Gasteiger partial charge is 0.497 e. The summed E-state index contributed by atoms with van der Waals surface area (Å²) in [6.45, 7) is 2.04. The molecule has 0 spiro atoms. The minimum atomic E-state index is -0.304. The van der Waals surface area contributed by atoms with Crippen molar-refractivity contribution in [2.75, 3.05) is 12.4 Å². The fraction of sp³-hybridized carbons (Fsp3) is 0.0417. The standard InChI is InChI=1S/C48H37N5O3/c1-31-23-25-34(26-24-31)41-39(32-15-7-3-8-16-32)43(50-45(41)52-47(54)36-19-11-5-12-20-36)49-44-40(33-17-9-4-10-18-33)42(35-27-29-38(56-2)30-28-35)46(51-44)53-48(55)37-21-13-6-14-22-37/h3-30,50H,1-2H3,(H,52,54)(H,49,51,53,55). The smallest absolute Gasteiger partial charge is 0.256 e. The Morgan fingerprint density at radius 2 is 1.04 bits per heavy atom. The third kappa shape index (κ3) is 7.31. The van der Waals surface area contributed by atoms with Crippen LogP contribution in [0, 0.1) is 6.92 Å². The maximum Gasteiger partial charge on any atom is 0.256 e. The zero-order chi connectivity index (χ0) is 38.4. The van der Waals surface area contributed by atoms with Crippen LogP contribution in [0.25, 0.3) is 33.4 Å². The molecule has 0 radical (unpaired) electrons. The van der Waals surface area contributed by atoms with Crippen LogP contribution in [-0.4, -0.2) is 35.6 Å². The van der Waals surface area contributed by atoms with Crippen LogP contribution in [-0.2, 0) is 0 Å². The van der Waals surface area contributed by atoms with Crippen LogP contribution in [0.15, 0.2) is 180 Å². The number of nitrogens with zero attached hydrogens (tertiary/aromatic N) is 2. The minimum Gasteiger partial charge on any atom is -0.497 e. The summed E-state index contributed by atoms with van der Waals surface area (Å²) in [5.41, 5.74) is 8.54. The van der Waals surface area contributed by atoms with E-state index >= 15 is 0 Å². The van der Waals surface area contributed by atoms with Gasteiger partial charge in [-0.25, -0.2) is 9.98 Å². The number of rotatable bonds is 9. The second kappa shape index (κ2) is 15.8. The third-order valence-electron chi connectivity index (χ3n) is 9.51. The van der Waals surface area contributed by atoms with Crippen molar-refractivity contribution in [1.82, 2.24) is 10.3 Å². The minimum absolute atomic E-state index is 0.268. The van der Waals surface area contributed by atoms with E-state index < -0.39 is 0 Å². The lowest BCUT2D eigenvalue weighted by molar-refractivity contribution is 0.0976. The van der Waals surface area contributed by atoms with Crippen LogP contribution < -0.4 is 15.4 Å². The van der Waals surface area contributed by atoms with Crippen LogP contribution in [0.3, 0.4) is 0 Å². The molecule has 1 aliphatic rings. The molecule has 0 bridgehead atoms. The highest BCUT2D eigenvalue weighted by Gasteiger charge is 2.31. The molecule has 0 aliphatic carbocycles. The number of amidine groups is 2. The topological polar surface area (TPSA) is 108 Å². The van der Waals surface area contributed by atoms with E-state index in [9.17, 15) is 9.59 Å². The van der Waals surface area contributed by atoms with Gasteiger partial charge in [-0.3, -0.25) is 9.59 Å². The lowest BCUT2D eigenvalue weighted by atomic mass is 9.94. The van der Waals surface area contributed by atoms with Crippen LogP contribution in [0.4, 0.5) is 11.6 Å². The van der Waals surface area contributed by atoms with Gasteiger partial charge < -0.3 is 20.4 Å². The lowest BCUT2D eigenvalue weighted by Gasteiger charge is -2.13. The Kier molecular flexibility index (Phi) is 10.0. The van der Waals surface area contributed by atoms with E-state index in [4.69, 9.17) is 14.7 Å². The van der Waals surface area contributed by atoms with Gasteiger partial charge in [0, 0.05) is 33.4 Å². The van der Waals surface area contributed by atoms with E-state index in [1.807, 2.05) is 153 Å². The zero-order valence-electron chi connectivity index (χ0n) is 30.8. The molecule has 272 valence electrons. The summed E-state index contributed by atoms with van der Waals surface area (Å²) >= 11 is 0. The average Bonchev–Trinajstić information content (AvgIpc) is 3.79. The normalized spacial score (nSPS) is 13.0. The Morgan fingerprint density at radius 1 is 0.554 bits per heavy atom. The van der Waals surface area contributed by atoms with Gasteiger partial charge in [-0.15, -0.1) is 0 Å². The number of hydrogen-bond donors (Lipinski definition) is 3. The van der Waals surface area contributed by atoms with Gasteiger partial charge in [-0.2, -0.15) is 0 Å². The quantitative estimate of drug-likeness (QED) is 0.138. The molecule has 2 heterocycles. The van der Waals surface area contributed by atoms with Crippen molar-refractivity contribution in [2.45, 2.75) is 6.92 Å². The van der Waals surface area contributed by atoms with E-state index in [1.165, 1.54) is 0 Å². The second-order valence-electron chi connectivity index (χ2n) is 13.2. The summed E-state index contributed by atoms with van der Waals surface area (Å²) in [5.74, 6) is 1.82. The second-order valence-corrected chi connectivity index (χ2v) is 13.2. The molecular formula is C48H37N5O3. The molecule has 6 aromatic carbocycles. The summed E-state index contributed by atoms with van der Waals surface area (Å²) in [5, 5.41) is 6.26. The highest BCUT2D eigenvalue weighted by molar-refractivity contribution is 6.51. The molecule has 0 atom stereocenters. The van der Waals surface area contributed by atoms with Gasteiger partial charge in [-0.1, -0.05) is 139 Å². The van der Waals surface area contributed by atoms with Gasteiger partial charge in [0.1, 0.15) is 23.2 Å². The van der Waals surface area contributed by atoms with Crippen molar-refractivity contribution in [3.8, 4) is 28.0 Å². The van der Waals surface area contributed by atoms with Crippen molar-refractivity contribution in [2.24, 2.45) is 9.98 Å². The van der Waals surface area contributed by atoms with E-state index in [1.54, 1.807) is 31.4 Å². The van der Waals surface area contributed by atoms with Crippen molar-refractivity contribution < 1.29 is 14.3 Å². The van der Waals surface area contributed by atoms with E-state index in [-0.39, 0.29) is 11.8 Å². The number of anilines is 1. The molecule has 0 unspecified atom stereocenters. The Labute approximate surface area is 325 Å². The first-order valence-corrected chi connectivity index (χ1v) is 18.2. The van der Waals surface area contributed by atoms with Crippen LogP contribution >= 0.6 is 0 Å². The number of carbonyl (C=O) groups excluding carboxylic acids is 2. The number of hydrogen-bond acceptors (Lipinski definition) is 4. The monoisotopic (exact) mass is 731 g/mol. The summed E-state index contributed by atoms with van der Waals surface area (Å²) in [7, 11) is 1.62. The number of aromatic nitrogens is 1. The Bertz CT molecular complexity index is 2610. The molecule has 8 heteroatoms. The lowest BCUT2D eigenvalue weighted by Crippen LogP contribution is -2.30. The molecule has 0 saturated carbocycles. The number of aliphatic imine (C=N–C) groups is 2. The van der Waals surface area contributed by atoms with E-state index in [2.05, 4.69) is 15.6 Å². The van der Waals surface area contributed by atoms with Crippen molar-refractivity contribution in [3.05, 3.63) is 198 Å². The third-order valence-corrected chi connectivity index (χ3v) is 9.51. The molecule has 7 aromatic rings. The van der Waals surface area contributed by atoms with Gasteiger partial charge in [0.05, 0.1) is 7.11 Å². The summed E-state index contributed by atoms with van der Waals surface area (Å²) in [6, 6.07) is 53.8. The SMILES string of the molecule is COc1ccc(C2=C(c3ccccc3)C(=Nc3[nH]c(NC(=O)c4ccccc4)c(-c4ccc(C)cc4)c3-c3ccccc3)N=C2NC(=O)c2ccccc2)cc1. The Balaban J connectivity index is 1.38. The first-order valence-electron chi connectivity index (χ1n) is 18.2. The van der Waals surface area contributed by atoms with Gasteiger partial charge in [0.25, 0.3) is 11.8 Å². The van der Waals surface area contributed by atoms with E-state index in [0.29, 0.717) is 45.8 Å². The van der Waals surface area contributed by atoms with Crippen molar-refractivity contribution >= 4 is 46.3 Å². The number of aryl methyl sites for hydroxylation is 1. The van der Waals surface area contributed by atoms with Gasteiger partial charge >= 0.3 is 0 Å². The molecule has 2 amide bonds. The number of amides is 2. The Hall–Kier alpha value is -7.58. The molecule has 3 N–H and O–H groups in total. The van der Waals surface area contributed by atoms with Gasteiger partial charge in [0.15, 0.2) is 5.84 Å². The maximum absolute atomic E-state index is 13.8. The van der Waals surface area contributed by atoms with Crippen LogP contribution in [0.5, 0.6) is 5.75 Å². The van der Waals surface area contributed by atoms with Gasteiger partial charge in [0.2, 0.25) is 0 Å². The molecule has 1 aromatic heterocycles. The molecule has 56 heavy (non-hydrogen) atoms. The number of benzene rings is 6. The van der Waals surface area contributed by atoms with Crippen LogP contribution in [0.2, 0.25) is 0 Å². The summed E-state index contributed by atoms with van der Waals surface area (Å²) < 4.78 is 5.49. The number of nitrogens with one attached hydrogen (secondary N) is 3. The predicted octanol–water partition coefficient (Wildman–Crippen LogP) is 10.4. The maximum atomic E-state index is 13.8. The molecule has 8 nitrogen and oxygen atoms in total. The highest BCUT2D eigenvalue weighted by atomic mass is 16.5. The molecule has 8 rings (SSSR count). The molecule has 0 saturated heterocycles. The fourth-order valence-corrected chi connectivity index (χ4v) is 6.75. The molecular weight excluding hydrogens is 695 g/mol. The fourth-order valence-electron chi connectivity index (χ4n) is 6.75. The average molecular weight is 732 g/mol. The summed E-state index contributed by atoms with van der Waals surface area (Å²) in [6.07, 6.45) is 0. The number of H-pyrrole nitrogens is 1. The highest BCUT2D eigenvalue weighted by Crippen LogP contribution is 2.46. The first-order chi connectivity index (χ1) is 27.5. The van der Waals surface area contributed by atoms with Crippen molar-refractivity contribution in [3.63, 3.8) is 0 Å². The summed E-state index contributed by atoms with van der Waals surface area (Å²) in [4.78, 5) is 41.4. The van der Waals surface area contributed by atoms with Crippen molar-refractivity contribution in [1.29, 1.82) is 0 Å². The number of methoxy groups -OCH3 is 1. The number of aromatic amines is 1. The van der Waals surface area contributed by atoms with Gasteiger partial charge in [-0.05, 0) is 65.6 Å². The van der Waals surface area contributed by atoms with E-state index in [0.717, 1.165) is 44.5 Å². The number of carbonyl (C=O) groups is 2.